The third-order valence-electron chi connectivity index (χ3n) is 3.82. The van der Waals surface area contributed by atoms with Gasteiger partial charge in [0.05, 0.1) is 6.20 Å². The van der Waals surface area contributed by atoms with Gasteiger partial charge in [0.25, 0.3) is 0 Å². The van der Waals surface area contributed by atoms with Crippen LogP contribution in [0.5, 0.6) is 0 Å². The second-order valence-corrected chi connectivity index (χ2v) is 5.32. The minimum Gasteiger partial charge on any atom is -0.292 e. The molecule has 1 fully saturated rings. The molecule has 3 rings (SSSR count). The molecule has 0 saturated carbocycles. The van der Waals surface area contributed by atoms with Crippen LogP contribution in [0, 0.1) is 11.6 Å². The lowest BCUT2D eigenvalue weighted by molar-refractivity contribution is 0.243. The van der Waals surface area contributed by atoms with E-state index in [0.717, 1.165) is 24.9 Å². The van der Waals surface area contributed by atoms with Crippen molar-refractivity contribution in [3.8, 4) is 0 Å². The van der Waals surface area contributed by atoms with Crippen LogP contribution in [-0.4, -0.2) is 21.2 Å². The number of likely N-dealkylation sites (tertiary alicyclic amines) is 1. The second-order valence-electron chi connectivity index (χ2n) is 5.32. The summed E-state index contributed by atoms with van der Waals surface area (Å²) in [5, 5.41) is 4.14. The smallest absolute Gasteiger partial charge is 0.128 e. The zero-order valence-electron chi connectivity index (χ0n) is 11.4. The average Bonchev–Trinajstić information content (AvgIpc) is 3.02. The Kier molecular flexibility index (Phi) is 3.53. The largest absolute Gasteiger partial charge is 0.292 e. The normalized spacial score (nSPS) is 19.6. The first kappa shape index (κ1) is 13.2. The molecular formula is C15H17F2N3. The molecule has 0 radical (unpaired) electrons. The Morgan fingerprint density at radius 3 is 2.95 bits per heavy atom. The molecule has 1 aliphatic heterocycles. The number of hydrogen-bond acceptors (Lipinski definition) is 2. The summed E-state index contributed by atoms with van der Waals surface area (Å²) in [6.45, 7) is 1.62. The number of halogens is 2. The lowest BCUT2D eigenvalue weighted by Gasteiger charge is -2.24. The van der Waals surface area contributed by atoms with Crippen LogP contribution in [0.3, 0.4) is 0 Å². The van der Waals surface area contributed by atoms with E-state index in [4.69, 9.17) is 0 Å². The van der Waals surface area contributed by atoms with Crippen LogP contribution in [0.25, 0.3) is 0 Å². The first-order valence-corrected chi connectivity index (χ1v) is 6.80. The highest BCUT2D eigenvalue weighted by atomic mass is 19.1. The van der Waals surface area contributed by atoms with Crippen molar-refractivity contribution in [2.75, 3.05) is 6.54 Å². The van der Waals surface area contributed by atoms with Crippen LogP contribution in [0.4, 0.5) is 8.78 Å². The molecule has 1 saturated heterocycles. The minimum absolute atomic E-state index is 0.0501. The summed E-state index contributed by atoms with van der Waals surface area (Å²) in [4.78, 5) is 2.19. The average molecular weight is 277 g/mol. The number of nitrogens with zero attached hydrogens (tertiary/aromatic N) is 3. The van der Waals surface area contributed by atoms with Crippen molar-refractivity contribution in [3.63, 3.8) is 0 Å². The van der Waals surface area contributed by atoms with Crippen LogP contribution in [0.15, 0.2) is 30.6 Å². The molecule has 1 aliphatic rings. The fourth-order valence-electron chi connectivity index (χ4n) is 2.93. The van der Waals surface area contributed by atoms with Crippen molar-refractivity contribution in [1.29, 1.82) is 0 Å². The zero-order chi connectivity index (χ0) is 14.1. The Bertz CT molecular complexity index is 609. The van der Waals surface area contributed by atoms with Crippen molar-refractivity contribution in [2.45, 2.75) is 25.4 Å². The van der Waals surface area contributed by atoms with Gasteiger partial charge >= 0.3 is 0 Å². The molecule has 5 heteroatoms. The predicted molar refractivity (Wildman–Crippen MR) is 72.0 cm³/mol. The molecule has 1 aromatic heterocycles. The number of benzene rings is 1. The molecule has 0 N–H and O–H groups in total. The lowest BCUT2D eigenvalue weighted by atomic mass is 10.0. The van der Waals surface area contributed by atoms with E-state index in [1.807, 2.05) is 19.4 Å². The Morgan fingerprint density at radius 2 is 2.20 bits per heavy atom. The van der Waals surface area contributed by atoms with Gasteiger partial charge in [0.2, 0.25) is 0 Å². The summed E-state index contributed by atoms with van der Waals surface area (Å²) >= 11 is 0. The summed E-state index contributed by atoms with van der Waals surface area (Å²) in [6, 6.07) is 3.65. The zero-order valence-corrected chi connectivity index (χ0v) is 11.4. The Balaban J connectivity index is 1.83. The quantitative estimate of drug-likeness (QED) is 0.860. The van der Waals surface area contributed by atoms with Gasteiger partial charge in [0.1, 0.15) is 11.6 Å². The maximum absolute atomic E-state index is 13.9. The van der Waals surface area contributed by atoms with Gasteiger partial charge < -0.3 is 0 Å². The van der Waals surface area contributed by atoms with E-state index in [0.29, 0.717) is 12.1 Å². The highest BCUT2D eigenvalue weighted by molar-refractivity contribution is 5.23. The van der Waals surface area contributed by atoms with Crippen LogP contribution in [-0.2, 0) is 13.6 Å². The SMILES string of the molecule is Cn1cc(CN2CCC[C@@H]2c2cc(F)ccc2F)cn1. The highest BCUT2D eigenvalue weighted by Gasteiger charge is 2.28. The van der Waals surface area contributed by atoms with E-state index in [1.54, 1.807) is 4.68 Å². The van der Waals surface area contributed by atoms with Crippen molar-refractivity contribution in [2.24, 2.45) is 7.05 Å². The number of aryl methyl sites for hydroxylation is 1. The lowest BCUT2D eigenvalue weighted by Crippen LogP contribution is -2.23. The van der Waals surface area contributed by atoms with Crippen molar-refractivity contribution in [3.05, 3.63) is 53.4 Å². The minimum atomic E-state index is -0.380. The van der Waals surface area contributed by atoms with E-state index in [1.165, 1.54) is 18.2 Å². The summed E-state index contributed by atoms with van der Waals surface area (Å²) in [7, 11) is 1.87. The van der Waals surface area contributed by atoms with Crippen molar-refractivity contribution < 1.29 is 8.78 Å². The molecular weight excluding hydrogens is 260 g/mol. The maximum Gasteiger partial charge on any atom is 0.128 e. The van der Waals surface area contributed by atoms with E-state index < -0.39 is 0 Å². The van der Waals surface area contributed by atoms with Crippen molar-refractivity contribution in [1.82, 2.24) is 14.7 Å². The number of aromatic nitrogens is 2. The topological polar surface area (TPSA) is 21.1 Å². The molecule has 20 heavy (non-hydrogen) atoms. The fourth-order valence-corrected chi connectivity index (χ4v) is 2.93. The molecule has 0 amide bonds. The molecule has 0 unspecified atom stereocenters. The van der Waals surface area contributed by atoms with Gasteiger partial charge in [-0.1, -0.05) is 0 Å². The van der Waals surface area contributed by atoms with Gasteiger partial charge in [-0.05, 0) is 37.6 Å². The standard InChI is InChI=1S/C15H17F2N3/c1-19-9-11(8-18-19)10-20-6-2-3-15(20)13-7-12(16)4-5-14(13)17/h4-5,7-9,15H,2-3,6,10H2,1H3/t15-/m1/s1. The molecule has 1 atom stereocenters. The predicted octanol–water partition coefficient (Wildman–Crippen LogP) is 3.04. The Hall–Kier alpha value is -1.75. The van der Waals surface area contributed by atoms with Crippen molar-refractivity contribution >= 4 is 0 Å². The fraction of sp³-hybridized carbons (Fsp3) is 0.400. The van der Waals surface area contributed by atoms with E-state index in [9.17, 15) is 8.78 Å². The van der Waals surface area contributed by atoms with Gasteiger partial charge in [-0.2, -0.15) is 5.10 Å². The van der Waals surface area contributed by atoms with Gasteiger partial charge in [-0.3, -0.25) is 9.58 Å². The molecule has 0 aliphatic carbocycles. The monoisotopic (exact) mass is 277 g/mol. The van der Waals surface area contributed by atoms with E-state index in [-0.39, 0.29) is 17.7 Å². The molecule has 2 heterocycles. The molecule has 0 bridgehead atoms. The van der Waals surface area contributed by atoms with E-state index >= 15 is 0 Å². The van der Waals surface area contributed by atoms with Gasteiger partial charge in [0, 0.05) is 37.0 Å². The summed E-state index contributed by atoms with van der Waals surface area (Å²) in [6.07, 6.45) is 5.64. The number of hydrogen-bond donors (Lipinski definition) is 0. The first-order chi connectivity index (χ1) is 9.63. The van der Waals surface area contributed by atoms with Crippen LogP contribution < -0.4 is 0 Å². The Morgan fingerprint density at radius 1 is 1.35 bits per heavy atom. The van der Waals surface area contributed by atoms with Crippen LogP contribution in [0.2, 0.25) is 0 Å². The highest BCUT2D eigenvalue weighted by Crippen LogP contribution is 2.34. The number of rotatable bonds is 3. The summed E-state index contributed by atoms with van der Waals surface area (Å²) in [5.74, 6) is -0.705. The maximum atomic E-state index is 13.9. The van der Waals surface area contributed by atoms with Gasteiger partial charge in [-0.15, -0.1) is 0 Å². The van der Waals surface area contributed by atoms with Crippen LogP contribution in [0.1, 0.15) is 30.0 Å². The second kappa shape index (κ2) is 5.32. The van der Waals surface area contributed by atoms with Crippen LogP contribution >= 0.6 is 0 Å². The molecule has 1 aromatic carbocycles. The molecule has 106 valence electrons. The molecule has 0 spiro atoms. The van der Waals surface area contributed by atoms with Gasteiger partial charge in [0.15, 0.2) is 0 Å². The summed E-state index contributed by atoms with van der Waals surface area (Å²) < 4.78 is 29.0. The Labute approximate surface area is 116 Å². The molecule has 2 aromatic rings. The molecule has 3 nitrogen and oxygen atoms in total. The third kappa shape index (κ3) is 2.58. The third-order valence-corrected chi connectivity index (χ3v) is 3.82. The first-order valence-electron chi connectivity index (χ1n) is 6.80. The van der Waals surface area contributed by atoms with Gasteiger partial charge in [-0.25, -0.2) is 8.78 Å². The summed E-state index contributed by atoms with van der Waals surface area (Å²) in [5.41, 5.74) is 1.56. The van der Waals surface area contributed by atoms with E-state index in [2.05, 4.69) is 10.00 Å².